The van der Waals surface area contributed by atoms with E-state index in [0.29, 0.717) is 11.3 Å². The normalized spacial score (nSPS) is 25.4. The molecule has 1 saturated heterocycles. The number of carbonyl (C=O) groups excluding carboxylic acids is 1. The van der Waals surface area contributed by atoms with Crippen molar-refractivity contribution in [2.24, 2.45) is 5.73 Å². The third kappa shape index (κ3) is 4.43. The summed E-state index contributed by atoms with van der Waals surface area (Å²) in [6, 6.07) is 5.83. The Morgan fingerprint density at radius 1 is 1.25 bits per heavy atom. The lowest BCUT2D eigenvalue weighted by molar-refractivity contribution is 0.0921. The number of hydrogen-bond donors (Lipinski definition) is 3. The number of benzene rings is 1. The minimum absolute atomic E-state index is 0.0648. The lowest BCUT2D eigenvalue weighted by Crippen LogP contribution is -2.49. The van der Waals surface area contributed by atoms with Gasteiger partial charge in [0.25, 0.3) is 5.91 Å². The second kappa shape index (κ2) is 8.23. The van der Waals surface area contributed by atoms with Gasteiger partial charge in [-0.05, 0) is 30.5 Å². The van der Waals surface area contributed by atoms with Gasteiger partial charge >= 0.3 is 0 Å². The number of nitrogens with one attached hydrogen (secondary N) is 1. The molecule has 1 aliphatic heterocycles. The van der Waals surface area contributed by atoms with Gasteiger partial charge in [-0.15, -0.1) is 0 Å². The van der Waals surface area contributed by atoms with Crippen LogP contribution in [0.3, 0.4) is 0 Å². The quantitative estimate of drug-likeness (QED) is 0.723. The zero-order valence-corrected chi connectivity index (χ0v) is 15.0. The predicted molar refractivity (Wildman–Crippen MR) is 101 cm³/mol. The van der Waals surface area contributed by atoms with E-state index >= 15 is 0 Å². The summed E-state index contributed by atoms with van der Waals surface area (Å²) in [5.41, 5.74) is 14.8. The van der Waals surface area contributed by atoms with E-state index in [0.717, 1.165) is 50.9 Å². The first-order valence-corrected chi connectivity index (χ1v) is 10.0. The van der Waals surface area contributed by atoms with Gasteiger partial charge in [-0.3, -0.25) is 9.69 Å². The maximum atomic E-state index is 12.5. The molecule has 132 valence electrons. The molecule has 1 heterocycles. The van der Waals surface area contributed by atoms with Gasteiger partial charge in [0.1, 0.15) is 0 Å². The summed E-state index contributed by atoms with van der Waals surface area (Å²) < 4.78 is 0. The molecule has 1 aromatic carbocycles. The number of anilines is 1. The highest BCUT2D eigenvalue weighted by molar-refractivity contribution is 7.99. The average Bonchev–Trinajstić information content (AvgIpc) is 2.59. The first-order chi connectivity index (χ1) is 11.6. The number of rotatable bonds is 4. The Kier molecular flexibility index (Phi) is 6.03. The minimum Gasteiger partial charge on any atom is -0.398 e. The van der Waals surface area contributed by atoms with E-state index in [1.54, 1.807) is 6.07 Å². The molecule has 1 aromatic rings. The molecule has 2 fully saturated rings. The Labute approximate surface area is 148 Å². The van der Waals surface area contributed by atoms with Crippen LogP contribution in [0.5, 0.6) is 0 Å². The maximum Gasteiger partial charge on any atom is 0.251 e. The van der Waals surface area contributed by atoms with Crippen molar-refractivity contribution in [1.29, 1.82) is 0 Å². The smallest absolute Gasteiger partial charge is 0.251 e. The number of carbonyl (C=O) groups is 1. The molecule has 1 saturated carbocycles. The van der Waals surface area contributed by atoms with Gasteiger partial charge < -0.3 is 16.8 Å². The molecule has 3 rings (SSSR count). The zero-order valence-electron chi connectivity index (χ0n) is 14.2. The Bertz CT molecular complexity index is 574. The second-order valence-electron chi connectivity index (χ2n) is 6.83. The third-order valence-corrected chi connectivity index (χ3v) is 5.98. The third-order valence-electron chi connectivity index (χ3n) is 5.04. The lowest BCUT2D eigenvalue weighted by Gasteiger charge is -2.29. The van der Waals surface area contributed by atoms with E-state index in [1.165, 1.54) is 11.5 Å². The molecule has 5 N–H and O–H groups in total. The van der Waals surface area contributed by atoms with Crippen molar-refractivity contribution in [2.75, 3.05) is 30.3 Å². The van der Waals surface area contributed by atoms with Crippen LogP contribution in [0.4, 0.5) is 5.69 Å². The molecule has 2 aliphatic rings. The molecule has 2 atom stereocenters. The van der Waals surface area contributed by atoms with E-state index in [1.807, 2.05) is 23.9 Å². The Morgan fingerprint density at radius 2 is 2.00 bits per heavy atom. The predicted octanol–water partition coefficient (Wildman–Crippen LogP) is 1.82. The van der Waals surface area contributed by atoms with Gasteiger partial charge in [-0.1, -0.05) is 18.9 Å². The number of thioether (sulfide) groups is 1. The second-order valence-corrected chi connectivity index (χ2v) is 8.06. The van der Waals surface area contributed by atoms with Crippen molar-refractivity contribution in [3.63, 3.8) is 0 Å². The summed E-state index contributed by atoms with van der Waals surface area (Å²) in [6.45, 7) is 3.07. The van der Waals surface area contributed by atoms with Crippen molar-refractivity contribution >= 4 is 23.4 Å². The van der Waals surface area contributed by atoms with Crippen molar-refractivity contribution in [1.82, 2.24) is 10.2 Å². The molecule has 0 spiro atoms. The van der Waals surface area contributed by atoms with Crippen LogP contribution in [0.15, 0.2) is 18.2 Å². The summed E-state index contributed by atoms with van der Waals surface area (Å²) in [5.74, 6) is 2.30. The number of hydrogen-bond acceptors (Lipinski definition) is 5. The van der Waals surface area contributed by atoms with Crippen LogP contribution in [0.25, 0.3) is 0 Å². The first-order valence-electron chi connectivity index (χ1n) is 8.88. The van der Waals surface area contributed by atoms with Gasteiger partial charge in [-0.25, -0.2) is 0 Å². The van der Waals surface area contributed by atoms with Crippen LogP contribution in [0.2, 0.25) is 0 Å². The van der Waals surface area contributed by atoms with Crippen molar-refractivity contribution < 1.29 is 4.79 Å². The molecule has 6 heteroatoms. The highest BCUT2D eigenvalue weighted by Gasteiger charge is 2.24. The van der Waals surface area contributed by atoms with E-state index in [4.69, 9.17) is 11.5 Å². The average molecular weight is 349 g/mol. The van der Waals surface area contributed by atoms with E-state index in [9.17, 15) is 4.79 Å². The van der Waals surface area contributed by atoms with Gasteiger partial charge in [-0.2, -0.15) is 11.8 Å². The fraction of sp³-hybridized carbons (Fsp3) is 0.611. The van der Waals surface area contributed by atoms with Gasteiger partial charge in [0.15, 0.2) is 0 Å². The van der Waals surface area contributed by atoms with Crippen LogP contribution < -0.4 is 16.8 Å². The molecule has 0 aromatic heterocycles. The van der Waals surface area contributed by atoms with Crippen LogP contribution in [-0.4, -0.2) is 47.5 Å². The van der Waals surface area contributed by atoms with Crippen molar-refractivity contribution in [3.8, 4) is 0 Å². The molecule has 24 heavy (non-hydrogen) atoms. The minimum atomic E-state index is -0.0648. The molecule has 1 aliphatic carbocycles. The topological polar surface area (TPSA) is 84.4 Å². The van der Waals surface area contributed by atoms with Crippen LogP contribution >= 0.6 is 11.8 Å². The van der Waals surface area contributed by atoms with E-state index < -0.39 is 0 Å². The number of nitrogen functional groups attached to an aromatic ring is 1. The van der Waals surface area contributed by atoms with Crippen molar-refractivity contribution in [2.45, 2.75) is 44.3 Å². The number of nitrogens with two attached hydrogens (primary N) is 2. The summed E-state index contributed by atoms with van der Waals surface area (Å²) >= 11 is 2.00. The highest BCUT2D eigenvalue weighted by Crippen LogP contribution is 2.20. The van der Waals surface area contributed by atoms with Gasteiger partial charge in [0, 0.05) is 54.5 Å². The molecule has 1 amide bonds. The van der Waals surface area contributed by atoms with Crippen molar-refractivity contribution in [3.05, 3.63) is 29.3 Å². The fourth-order valence-electron chi connectivity index (χ4n) is 3.47. The van der Waals surface area contributed by atoms with E-state index in [-0.39, 0.29) is 18.0 Å². The fourth-order valence-corrected chi connectivity index (χ4v) is 4.45. The summed E-state index contributed by atoms with van der Waals surface area (Å²) in [4.78, 5) is 14.9. The lowest BCUT2D eigenvalue weighted by atomic mass is 9.91. The Hall–Kier alpha value is -1.24. The van der Waals surface area contributed by atoms with Crippen LogP contribution in [0.1, 0.15) is 41.6 Å². The molecule has 0 bridgehead atoms. The molecule has 5 nitrogen and oxygen atoms in total. The summed E-state index contributed by atoms with van der Waals surface area (Å²) in [5, 5.41) is 3.08. The van der Waals surface area contributed by atoms with Gasteiger partial charge in [0.05, 0.1) is 0 Å². The van der Waals surface area contributed by atoms with Gasteiger partial charge in [0.2, 0.25) is 0 Å². The molecule has 0 radical (unpaired) electrons. The standard InChI is InChI=1S/C18H28N4OS/c19-15-3-1-2-4-17(15)21-18(23)13-5-6-14(16(20)11-13)12-22-7-9-24-10-8-22/h5-6,11,15,17H,1-4,7-10,12,19-20H2,(H,21,23). The Morgan fingerprint density at radius 3 is 2.71 bits per heavy atom. The maximum absolute atomic E-state index is 12.5. The Balaban J connectivity index is 1.61. The SMILES string of the molecule is Nc1cc(C(=O)NC2CCCCC2N)ccc1CN1CCSCC1. The first kappa shape index (κ1) is 17.6. The summed E-state index contributed by atoms with van der Waals surface area (Å²) in [7, 11) is 0. The van der Waals surface area contributed by atoms with Crippen LogP contribution in [-0.2, 0) is 6.54 Å². The number of nitrogens with zero attached hydrogens (tertiary/aromatic N) is 1. The summed E-state index contributed by atoms with van der Waals surface area (Å²) in [6.07, 6.45) is 4.24. The largest absolute Gasteiger partial charge is 0.398 e. The molecular formula is C18H28N4OS. The zero-order chi connectivity index (χ0) is 16.9. The molecular weight excluding hydrogens is 320 g/mol. The highest BCUT2D eigenvalue weighted by atomic mass is 32.2. The number of amides is 1. The van der Waals surface area contributed by atoms with Crippen LogP contribution in [0, 0.1) is 0 Å². The molecule has 2 unspecified atom stereocenters. The van der Waals surface area contributed by atoms with E-state index in [2.05, 4.69) is 10.2 Å². The monoisotopic (exact) mass is 348 g/mol.